The van der Waals surface area contributed by atoms with Crippen molar-refractivity contribution in [2.45, 2.75) is 57.1 Å². The summed E-state index contributed by atoms with van der Waals surface area (Å²) in [6.07, 6.45) is 8.93. The van der Waals surface area contributed by atoms with Crippen LogP contribution in [0.3, 0.4) is 0 Å². The average molecular weight is 406 g/mol. The molecule has 0 spiro atoms. The second-order valence-corrected chi connectivity index (χ2v) is 7.73. The number of benzene rings is 1. The number of aromatic nitrogens is 3. The Morgan fingerprint density at radius 3 is 2.77 bits per heavy atom. The standard InChI is InChI=1S/C23H26N4O3/c28-22(9-3-8-21-26-20-7-2-1-6-19(20)23(29)27-21)25-16-10-12-17(13-11-16)30-18-5-4-14-24-15-18/h1-2,4-7,14-17H,3,8-13H2,(H,25,28)(H,26,27,29). The maximum absolute atomic E-state index is 12.3. The molecule has 1 saturated carbocycles. The van der Waals surface area contributed by atoms with Gasteiger partial charge in [-0.05, 0) is 56.4 Å². The number of carbonyl (C=O) groups excluding carboxylic acids is 1. The lowest BCUT2D eigenvalue weighted by atomic mass is 9.92. The van der Waals surface area contributed by atoms with Crippen LogP contribution in [0.2, 0.25) is 0 Å². The number of carbonyl (C=O) groups is 1. The lowest BCUT2D eigenvalue weighted by Gasteiger charge is -2.29. The highest BCUT2D eigenvalue weighted by atomic mass is 16.5. The van der Waals surface area contributed by atoms with E-state index >= 15 is 0 Å². The minimum Gasteiger partial charge on any atom is -0.489 e. The normalized spacial score (nSPS) is 18.8. The van der Waals surface area contributed by atoms with E-state index in [2.05, 4.69) is 20.3 Å². The van der Waals surface area contributed by atoms with Gasteiger partial charge >= 0.3 is 0 Å². The highest BCUT2D eigenvalue weighted by Gasteiger charge is 2.23. The second-order valence-electron chi connectivity index (χ2n) is 7.73. The van der Waals surface area contributed by atoms with Crippen LogP contribution in [0.5, 0.6) is 5.75 Å². The van der Waals surface area contributed by atoms with Crippen molar-refractivity contribution in [1.29, 1.82) is 0 Å². The number of para-hydroxylation sites is 1. The van der Waals surface area contributed by atoms with Crippen LogP contribution in [0.25, 0.3) is 10.9 Å². The summed E-state index contributed by atoms with van der Waals surface area (Å²) in [5.41, 5.74) is 0.552. The maximum Gasteiger partial charge on any atom is 0.258 e. The van der Waals surface area contributed by atoms with Crippen molar-refractivity contribution in [3.8, 4) is 5.75 Å². The minimum atomic E-state index is -0.134. The highest BCUT2D eigenvalue weighted by molar-refractivity contribution is 5.77. The second kappa shape index (κ2) is 9.52. The van der Waals surface area contributed by atoms with Crippen molar-refractivity contribution in [2.24, 2.45) is 0 Å². The van der Waals surface area contributed by atoms with Gasteiger partial charge in [0, 0.05) is 25.1 Å². The molecule has 156 valence electrons. The lowest BCUT2D eigenvalue weighted by Crippen LogP contribution is -2.39. The smallest absolute Gasteiger partial charge is 0.258 e. The zero-order chi connectivity index (χ0) is 20.8. The van der Waals surface area contributed by atoms with Gasteiger partial charge in [0.15, 0.2) is 0 Å². The first-order valence-electron chi connectivity index (χ1n) is 10.5. The van der Waals surface area contributed by atoms with Crippen molar-refractivity contribution in [2.75, 3.05) is 0 Å². The summed E-state index contributed by atoms with van der Waals surface area (Å²) >= 11 is 0. The predicted octanol–water partition coefficient (Wildman–Crippen LogP) is 3.15. The van der Waals surface area contributed by atoms with E-state index in [-0.39, 0.29) is 23.6 Å². The molecule has 0 saturated heterocycles. The van der Waals surface area contributed by atoms with E-state index in [1.165, 1.54) is 0 Å². The van der Waals surface area contributed by atoms with Gasteiger partial charge in [-0.3, -0.25) is 14.6 Å². The Hall–Kier alpha value is -3.22. The molecule has 1 amide bonds. The summed E-state index contributed by atoms with van der Waals surface area (Å²) in [7, 11) is 0. The molecule has 2 aromatic heterocycles. The quantitative estimate of drug-likeness (QED) is 0.628. The van der Waals surface area contributed by atoms with Crippen molar-refractivity contribution in [3.05, 3.63) is 65.0 Å². The van der Waals surface area contributed by atoms with E-state index in [9.17, 15) is 9.59 Å². The van der Waals surface area contributed by atoms with Gasteiger partial charge < -0.3 is 15.0 Å². The molecule has 7 heteroatoms. The average Bonchev–Trinajstić information content (AvgIpc) is 2.76. The molecule has 2 N–H and O–H groups in total. The monoisotopic (exact) mass is 406 g/mol. The zero-order valence-corrected chi connectivity index (χ0v) is 16.8. The molecule has 0 bridgehead atoms. The van der Waals surface area contributed by atoms with Crippen molar-refractivity contribution in [3.63, 3.8) is 0 Å². The fourth-order valence-corrected chi connectivity index (χ4v) is 3.90. The summed E-state index contributed by atoms with van der Waals surface area (Å²) in [4.78, 5) is 35.8. The third kappa shape index (κ3) is 5.23. The number of aromatic amines is 1. The summed E-state index contributed by atoms with van der Waals surface area (Å²) in [6, 6.07) is 11.3. The van der Waals surface area contributed by atoms with E-state index < -0.39 is 0 Å². The third-order valence-corrected chi connectivity index (χ3v) is 5.46. The minimum absolute atomic E-state index is 0.0507. The van der Waals surface area contributed by atoms with Crippen LogP contribution < -0.4 is 15.6 Å². The Labute approximate surface area is 174 Å². The van der Waals surface area contributed by atoms with Crippen molar-refractivity contribution >= 4 is 16.8 Å². The SMILES string of the molecule is O=C(CCCc1nc2ccccc2c(=O)[nH]1)NC1CCC(Oc2cccnc2)CC1. The molecule has 1 aromatic carbocycles. The molecule has 0 unspecified atom stereocenters. The summed E-state index contributed by atoms with van der Waals surface area (Å²) in [5, 5.41) is 3.72. The molecule has 30 heavy (non-hydrogen) atoms. The van der Waals surface area contributed by atoms with Crippen LogP contribution in [-0.4, -0.2) is 33.0 Å². The van der Waals surface area contributed by atoms with E-state index in [4.69, 9.17) is 4.74 Å². The van der Waals surface area contributed by atoms with Gasteiger partial charge in [-0.1, -0.05) is 12.1 Å². The molecule has 1 aliphatic rings. The Morgan fingerprint density at radius 1 is 1.13 bits per heavy atom. The maximum atomic E-state index is 12.3. The first-order valence-corrected chi connectivity index (χ1v) is 10.5. The number of rotatable bonds is 7. The van der Waals surface area contributed by atoms with Gasteiger partial charge in [0.25, 0.3) is 5.56 Å². The van der Waals surface area contributed by atoms with Crippen LogP contribution in [0.15, 0.2) is 53.6 Å². The number of ether oxygens (including phenoxy) is 1. The number of nitrogens with one attached hydrogen (secondary N) is 2. The Bertz CT molecular complexity index is 1040. The predicted molar refractivity (Wildman–Crippen MR) is 114 cm³/mol. The summed E-state index contributed by atoms with van der Waals surface area (Å²) < 4.78 is 5.95. The number of hydrogen-bond donors (Lipinski definition) is 2. The van der Waals surface area contributed by atoms with Gasteiger partial charge in [0.05, 0.1) is 23.2 Å². The molecule has 0 atom stereocenters. The zero-order valence-electron chi connectivity index (χ0n) is 16.8. The van der Waals surface area contributed by atoms with Crippen LogP contribution >= 0.6 is 0 Å². The van der Waals surface area contributed by atoms with Crippen LogP contribution in [0.4, 0.5) is 0 Å². The topological polar surface area (TPSA) is 97.0 Å². The Balaban J connectivity index is 1.19. The summed E-state index contributed by atoms with van der Waals surface area (Å²) in [5.74, 6) is 1.47. The number of amides is 1. The van der Waals surface area contributed by atoms with Crippen LogP contribution in [0, 0.1) is 0 Å². The fraction of sp³-hybridized carbons (Fsp3) is 0.391. The molecular weight excluding hydrogens is 380 g/mol. The van der Waals surface area contributed by atoms with E-state index in [1.807, 2.05) is 30.3 Å². The van der Waals surface area contributed by atoms with Crippen LogP contribution in [0.1, 0.15) is 44.3 Å². The molecule has 2 heterocycles. The van der Waals surface area contributed by atoms with E-state index in [1.54, 1.807) is 18.5 Å². The van der Waals surface area contributed by atoms with Gasteiger partial charge in [-0.25, -0.2) is 4.98 Å². The van der Waals surface area contributed by atoms with E-state index in [0.717, 1.165) is 31.4 Å². The first-order chi connectivity index (χ1) is 14.7. The van der Waals surface area contributed by atoms with Gasteiger partial charge in [-0.2, -0.15) is 0 Å². The summed E-state index contributed by atoms with van der Waals surface area (Å²) in [6.45, 7) is 0. The first kappa shape index (κ1) is 20.1. The largest absolute Gasteiger partial charge is 0.489 e. The fourth-order valence-electron chi connectivity index (χ4n) is 3.90. The molecule has 1 fully saturated rings. The molecule has 0 radical (unpaired) electrons. The molecule has 0 aliphatic heterocycles. The van der Waals surface area contributed by atoms with Gasteiger partial charge in [-0.15, -0.1) is 0 Å². The number of nitrogens with zero attached hydrogens (tertiary/aromatic N) is 2. The highest BCUT2D eigenvalue weighted by Crippen LogP contribution is 2.23. The van der Waals surface area contributed by atoms with Crippen molar-refractivity contribution in [1.82, 2.24) is 20.3 Å². The Morgan fingerprint density at radius 2 is 1.97 bits per heavy atom. The number of hydrogen-bond acceptors (Lipinski definition) is 5. The molecule has 4 rings (SSSR count). The molecular formula is C23H26N4O3. The van der Waals surface area contributed by atoms with Gasteiger partial charge in [0.1, 0.15) is 11.6 Å². The van der Waals surface area contributed by atoms with Crippen molar-refractivity contribution < 1.29 is 9.53 Å². The number of aryl methyl sites for hydroxylation is 1. The van der Waals surface area contributed by atoms with Crippen LogP contribution in [-0.2, 0) is 11.2 Å². The van der Waals surface area contributed by atoms with Gasteiger partial charge in [0.2, 0.25) is 5.91 Å². The lowest BCUT2D eigenvalue weighted by molar-refractivity contribution is -0.122. The third-order valence-electron chi connectivity index (χ3n) is 5.46. The number of pyridine rings is 1. The Kier molecular flexibility index (Phi) is 6.37. The molecule has 3 aromatic rings. The molecule has 7 nitrogen and oxygen atoms in total. The molecule has 1 aliphatic carbocycles. The number of fused-ring (bicyclic) bond motifs is 1. The van der Waals surface area contributed by atoms with E-state index in [0.29, 0.717) is 36.0 Å². The number of H-pyrrole nitrogens is 1.